The maximum Gasteiger partial charge on any atom is 0.325 e. The van der Waals surface area contributed by atoms with Crippen LogP contribution in [-0.4, -0.2) is 50.0 Å². The molecule has 0 atom stereocenters. The van der Waals surface area contributed by atoms with Gasteiger partial charge in [0.1, 0.15) is 11.4 Å². The Hall–Kier alpha value is -3.27. The number of carbonyl (C=O) groups is 3. The molecule has 1 aliphatic heterocycles. The largest absolute Gasteiger partial charge is 0.326 e. The summed E-state index contributed by atoms with van der Waals surface area (Å²) in [6.45, 7) is 0.342. The zero-order valence-electron chi connectivity index (χ0n) is 15.9. The van der Waals surface area contributed by atoms with Gasteiger partial charge in [0, 0.05) is 24.2 Å². The Balaban J connectivity index is 1.32. The van der Waals surface area contributed by atoms with E-state index in [0.717, 1.165) is 23.3 Å². The van der Waals surface area contributed by atoms with Gasteiger partial charge in [-0.1, -0.05) is 12.8 Å². The summed E-state index contributed by atoms with van der Waals surface area (Å²) < 4.78 is 0. The Labute approximate surface area is 167 Å². The number of carbonyl (C=O) groups excluding carboxylic acids is 3. The van der Waals surface area contributed by atoms with E-state index in [-0.39, 0.29) is 31.3 Å². The topological polar surface area (TPSA) is 146 Å². The molecule has 1 spiro atoms. The fraction of sp³-hybridized carbons (Fsp3) is 0.421. The van der Waals surface area contributed by atoms with Gasteiger partial charge in [0.2, 0.25) is 5.91 Å². The van der Waals surface area contributed by atoms with E-state index in [0.29, 0.717) is 30.2 Å². The van der Waals surface area contributed by atoms with Crippen molar-refractivity contribution in [2.24, 2.45) is 5.73 Å². The molecule has 4 amide bonds. The van der Waals surface area contributed by atoms with E-state index in [1.165, 1.54) is 0 Å². The highest BCUT2D eigenvalue weighted by molar-refractivity contribution is 6.07. The number of nitrogens with two attached hydrogens (primary N) is 1. The number of urea groups is 1. The van der Waals surface area contributed by atoms with Gasteiger partial charge in [-0.3, -0.25) is 19.6 Å². The minimum atomic E-state index is -0.743. The first kappa shape index (κ1) is 19.1. The number of amides is 4. The lowest BCUT2D eigenvalue weighted by atomic mass is 9.98. The van der Waals surface area contributed by atoms with Crippen molar-refractivity contribution in [3.63, 3.8) is 0 Å². The first-order valence-corrected chi connectivity index (χ1v) is 9.66. The Kier molecular flexibility index (Phi) is 5.01. The molecule has 152 valence electrons. The fourth-order valence-corrected chi connectivity index (χ4v) is 3.85. The van der Waals surface area contributed by atoms with E-state index in [1.54, 1.807) is 24.3 Å². The van der Waals surface area contributed by atoms with Gasteiger partial charge in [0.25, 0.3) is 5.91 Å². The number of anilines is 1. The molecular weight excluding hydrogens is 374 g/mol. The van der Waals surface area contributed by atoms with Gasteiger partial charge < -0.3 is 16.4 Å². The molecule has 10 heteroatoms. The summed E-state index contributed by atoms with van der Waals surface area (Å²) in [6, 6.07) is 6.66. The van der Waals surface area contributed by atoms with Crippen LogP contribution in [0.3, 0.4) is 0 Å². The number of aromatic nitrogens is 3. The second kappa shape index (κ2) is 7.63. The number of aromatic amines is 1. The Morgan fingerprint density at radius 3 is 2.59 bits per heavy atom. The third-order valence-corrected chi connectivity index (χ3v) is 5.42. The lowest BCUT2D eigenvalue weighted by Gasteiger charge is -2.19. The van der Waals surface area contributed by atoms with E-state index in [4.69, 9.17) is 5.73 Å². The lowest BCUT2D eigenvalue weighted by Crippen LogP contribution is -2.44. The average Bonchev–Trinajstić information content (AvgIpc) is 3.43. The number of imide groups is 1. The second-order valence-corrected chi connectivity index (χ2v) is 7.36. The first-order valence-electron chi connectivity index (χ1n) is 9.66. The molecule has 4 rings (SSSR count). The van der Waals surface area contributed by atoms with Gasteiger partial charge in [-0.15, -0.1) is 0 Å². The predicted octanol–water partition coefficient (Wildman–Crippen LogP) is 1.12. The van der Waals surface area contributed by atoms with Crippen molar-refractivity contribution in [1.29, 1.82) is 0 Å². The highest BCUT2D eigenvalue weighted by Crippen LogP contribution is 2.35. The molecule has 1 aliphatic carbocycles. The Bertz CT molecular complexity index is 932. The van der Waals surface area contributed by atoms with Crippen molar-refractivity contribution in [1.82, 2.24) is 25.4 Å². The molecule has 1 aromatic carbocycles. The third kappa shape index (κ3) is 3.70. The number of nitrogens with one attached hydrogen (secondary N) is 3. The molecule has 2 aromatic rings. The number of hydrogen-bond acceptors (Lipinski definition) is 6. The Morgan fingerprint density at radius 1 is 1.21 bits per heavy atom. The summed E-state index contributed by atoms with van der Waals surface area (Å²) in [5, 5.41) is 12.4. The smallest absolute Gasteiger partial charge is 0.325 e. The molecule has 2 fully saturated rings. The van der Waals surface area contributed by atoms with Crippen LogP contribution in [-0.2, 0) is 16.1 Å². The van der Waals surface area contributed by atoms with Crippen molar-refractivity contribution >= 4 is 23.5 Å². The van der Waals surface area contributed by atoms with Crippen molar-refractivity contribution in [3.05, 3.63) is 30.1 Å². The summed E-state index contributed by atoms with van der Waals surface area (Å²) in [7, 11) is 0. The molecule has 0 radical (unpaired) electrons. The summed E-state index contributed by atoms with van der Waals surface area (Å²) in [5.74, 6) is 0.648. The zero-order valence-corrected chi connectivity index (χ0v) is 15.9. The van der Waals surface area contributed by atoms with Crippen LogP contribution in [0.5, 0.6) is 0 Å². The van der Waals surface area contributed by atoms with E-state index < -0.39 is 11.6 Å². The van der Waals surface area contributed by atoms with E-state index in [2.05, 4.69) is 25.8 Å². The van der Waals surface area contributed by atoms with Crippen LogP contribution >= 0.6 is 0 Å². The first-order chi connectivity index (χ1) is 14.0. The zero-order chi connectivity index (χ0) is 20.4. The highest BCUT2D eigenvalue weighted by atomic mass is 16.2. The molecule has 29 heavy (non-hydrogen) atoms. The van der Waals surface area contributed by atoms with Gasteiger partial charge >= 0.3 is 6.03 Å². The second-order valence-electron chi connectivity index (χ2n) is 7.36. The van der Waals surface area contributed by atoms with Crippen LogP contribution in [0.15, 0.2) is 24.3 Å². The highest BCUT2D eigenvalue weighted by Gasteiger charge is 2.52. The molecule has 10 nitrogen and oxygen atoms in total. The van der Waals surface area contributed by atoms with Crippen LogP contribution in [0, 0.1) is 0 Å². The molecule has 0 bridgehead atoms. The van der Waals surface area contributed by atoms with Gasteiger partial charge in [0.15, 0.2) is 5.82 Å². The van der Waals surface area contributed by atoms with Gasteiger partial charge in [-0.25, -0.2) is 9.78 Å². The molecule has 5 N–H and O–H groups in total. The standard InChI is InChI=1S/C19H23N7O3/c20-11-14-22-16(25-24-14)12-3-5-13(6-4-12)21-15(27)7-10-26-17(28)19(23-18(26)29)8-1-2-9-19/h3-6H,1-2,7-11,20H2,(H,21,27)(H,23,29)(H,22,24,25). The van der Waals surface area contributed by atoms with Crippen LogP contribution in [0.4, 0.5) is 10.5 Å². The molecule has 1 saturated carbocycles. The van der Waals surface area contributed by atoms with Crippen molar-refractivity contribution < 1.29 is 14.4 Å². The third-order valence-electron chi connectivity index (χ3n) is 5.42. The van der Waals surface area contributed by atoms with Crippen molar-refractivity contribution in [2.75, 3.05) is 11.9 Å². The van der Waals surface area contributed by atoms with Crippen LogP contribution < -0.4 is 16.4 Å². The van der Waals surface area contributed by atoms with Crippen LogP contribution in [0.25, 0.3) is 11.4 Å². The molecule has 2 heterocycles. The minimum Gasteiger partial charge on any atom is -0.326 e. The van der Waals surface area contributed by atoms with E-state index in [9.17, 15) is 14.4 Å². The molecule has 2 aliphatic rings. The SMILES string of the molecule is NCc1nc(-c2ccc(NC(=O)CCN3C(=O)NC4(CCCC4)C3=O)cc2)n[nH]1. The number of benzene rings is 1. The normalized spacial score (nSPS) is 17.8. The predicted molar refractivity (Wildman–Crippen MR) is 104 cm³/mol. The molecule has 1 saturated heterocycles. The van der Waals surface area contributed by atoms with Gasteiger partial charge in [-0.2, -0.15) is 5.10 Å². The van der Waals surface area contributed by atoms with Crippen LogP contribution in [0.2, 0.25) is 0 Å². The van der Waals surface area contributed by atoms with E-state index >= 15 is 0 Å². The average molecular weight is 397 g/mol. The lowest BCUT2D eigenvalue weighted by molar-refractivity contribution is -0.131. The Morgan fingerprint density at radius 2 is 1.93 bits per heavy atom. The van der Waals surface area contributed by atoms with E-state index in [1.807, 2.05) is 0 Å². The van der Waals surface area contributed by atoms with Gasteiger partial charge in [0.05, 0.1) is 6.54 Å². The minimum absolute atomic E-state index is 0.0395. The van der Waals surface area contributed by atoms with Gasteiger partial charge in [-0.05, 0) is 37.1 Å². The van der Waals surface area contributed by atoms with Crippen LogP contribution in [0.1, 0.15) is 37.9 Å². The summed E-state index contributed by atoms with van der Waals surface area (Å²) in [5.41, 5.74) is 6.17. The number of H-pyrrole nitrogens is 1. The quantitative estimate of drug-likeness (QED) is 0.537. The summed E-state index contributed by atoms with van der Waals surface area (Å²) >= 11 is 0. The maximum atomic E-state index is 12.6. The monoisotopic (exact) mass is 397 g/mol. The number of nitrogens with zero attached hydrogens (tertiary/aromatic N) is 3. The summed E-state index contributed by atoms with van der Waals surface area (Å²) in [6.07, 6.45) is 3.24. The molecular formula is C19H23N7O3. The number of rotatable bonds is 6. The van der Waals surface area contributed by atoms with Crippen molar-refractivity contribution in [3.8, 4) is 11.4 Å². The fourth-order valence-electron chi connectivity index (χ4n) is 3.85. The summed E-state index contributed by atoms with van der Waals surface area (Å²) in [4.78, 5) is 42.4. The molecule has 1 aromatic heterocycles. The molecule has 0 unspecified atom stereocenters. The van der Waals surface area contributed by atoms with Crippen molar-refractivity contribution in [2.45, 2.75) is 44.2 Å². The maximum absolute atomic E-state index is 12.6. The number of hydrogen-bond donors (Lipinski definition) is 4.